The van der Waals surface area contributed by atoms with Gasteiger partial charge in [-0.3, -0.25) is 0 Å². The van der Waals surface area contributed by atoms with E-state index in [4.69, 9.17) is 5.11 Å². The second kappa shape index (κ2) is 6.08. The highest BCUT2D eigenvalue weighted by Crippen LogP contribution is 2.17. The third-order valence-corrected chi connectivity index (χ3v) is 2.62. The van der Waals surface area contributed by atoms with Gasteiger partial charge in [-0.05, 0) is 26.8 Å². The van der Waals surface area contributed by atoms with Gasteiger partial charge >= 0.3 is 12.0 Å². The van der Waals surface area contributed by atoms with E-state index in [0.717, 1.165) is 0 Å². The van der Waals surface area contributed by atoms with Crippen molar-refractivity contribution in [3.8, 4) is 0 Å². The summed E-state index contributed by atoms with van der Waals surface area (Å²) in [6.07, 6.45) is 1.63. The van der Waals surface area contributed by atoms with Crippen molar-refractivity contribution in [3.63, 3.8) is 0 Å². The van der Waals surface area contributed by atoms with Crippen LogP contribution in [0.25, 0.3) is 0 Å². The molecule has 1 rings (SSSR count). The quantitative estimate of drug-likeness (QED) is 0.715. The minimum absolute atomic E-state index is 0.00804. The van der Waals surface area contributed by atoms with Gasteiger partial charge in [0, 0.05) is 18.3 Å². The molecule has 0 fully saturated rings. The van der Waals surface area contributed by atoms with Crippen LogP contribution in [0.1, 0.15) is 30.0 Å². The summed E-state index contributed by atoms with van der Waals surface area (Å²) in [4.78, 5) is 27.4. The number of aromatic carboxylic acids is 1. The van der Waals surface area contributed by atoms with E-state index in [1.165, 1.54) is 0 Å². The average molecular weight is 265 g/mol. The Morgan fingerprint density at radius 2 is 2.21 bits per heavy atom. The molecule has 19 heavy (non-hydrogen) atoms. The van der Waals surface area contributed by atoms with Crippen molar-refractivity contribution in [2.45, 2.75) is 26.8 Å². The van der Waals surface area contributed by atoms with Crippen molar-refractivity contribution in [2.75, 3.05) is 11.9 Å². The Balaban J connectivity index is 2.92. The van der Waals surface area contributed by atoms with Crippen LogP contribution >= 0.6 is 0 Å². The predicted molar refractivity (Wildman–Crippen MR) is 73.5 cm³/mol. The average Bonchev–Trinajstić information content (AvgIpc) is 2.66. The summed E-state index contributed by atoms with van der Waals surface area (Å²) in [6, 6.07) is 1.23. The summed E-state index contributed by atoms with van der Waals surface area (Å²) >= 11 is 0. The number of aryl methyl sites for hydroxylation is 1. The van der Waals surface area contributed by atoms with Crippen molar-refractivity contribution in [1.82, 2.24) is 9.88 Å². The molecular formula is C13H19N3O3. The Hall–Kier alpha value is -2.24. The number of anilines is 1. The number of H-pyrrole nitrogens is 1. The predicted octanol–water partition coefficient (Wildman–Crippen LogP) is 2.45. The lowest BCUT2D eigenvalue weighted by Crippen LogP contribution is -2.40. The second-order valence-corrected chi connectivity index (χ2v) is 4.51. The van der Waals surface area contributed by atoms with E-state index in [9.17, 15) is 9.59 Å². The summed E-state index contributed by atoms with van der Waals surface area (Å²) in [5.74, 6) is -1.11. The highest BCUT2D eigenvalue weighted by atomic mass is 16.4. The van der Waals surface area contributed by atoms with Crippen LogP contribution in [-0.4, -0.2) is 39.6 Å². The van der Waals surface area contributed by atoms with E-state index in [1.54, 1.807) is 24.0 Å². The van der Waals surface area contributed by atoms with Crippen LogP contribution in [0.15, 0.2) is 18.7 Å². The maximum Gasteiger partial charge on any atom is 0.354 e. The molecule has 0 aliphatic carbocycles. The molecule has 0 aliphatic rings. The molecule has 1 aromatic rings. The third kappa shape index (κ3) is 3.61. The first-order chi connectivity index (χ1) is 8.86. The number of nitrogens with zero attached hydrogens (tertiary/aromatic N) is 1. The van der Waals surface area contributed by atoms with Crippen LogP contribution in [0.2, 0.25) is 0 Å². The standard InChI is InChI=1S/C13H19N3O3/c1-5-6-16(8(2)3)13(19)15-10-7-9(4)14-11(10)12(17)18/h5,7-8,14H,1,6H2,2-4H3,(H,15,19)(H,17,18). The highest BCUT2D eigenvalue weighted by Gasteiger charge is 2.20. The number of carboxylic acid groups (broad SMARTS) is 1. The van der Waals surface area contributed by atoms with Gasteiger partial charge in [0.25, 0.3) is 0 Å². The lowest BCUT2D eigenvalue weighted by molar-refractivity contribution is 0.0692. The molecule has 0 spiro atoms. The number of hydrogen-bond acceptors (Lipinski definition) is 2. The van der Waals surface area contributed by atoms with Crippen LogP contribution < -0.4 is 5.32 Å². The van der Waals surface area contributed by atoms with Crippen LogP contribution in [0.5, 0.6) is 0 Å². The number of amides is 2. The molecule has 104 valence electrons. The zero-order chi connectivity index (χ0) is 14.6. The van der Waals surface area contributed by atoms with Crippen LogP contribution in [-0.2, 0) is 0 Å². The first-order valence-corrected chi connectivity index (χ1v) is 5.98. The third-order valence-electron chi connectivity index (χ3n) is 2.62. The van der Waals surface area contributed by atoms with Gasteiger partial charge in [-0.1, -0.05) is 6.08 Å². The number of hydrogen-bond donors (Lipinski definition) is 3. The van der Waals surface area contributed by atoms with E-state index >= 15 is 0 Å². The zero-order valence-corrected chi connectivity index (χ0v) is 11.4. The molecule has 6 heteroatoms. The highest BCUT2D eigenvalue weighted by molar-refractivity contribution is 5.99. The lowest BCUT2D eigenvalue weighted by Gasteiger charge is -2.25. The minimum Gasteiger partial charge on any atom is -0.477 e. The molecule has 1 heterocycles. The number of rotatable bonds is 5. The van der Waals surface area contributed by atoms with Gasteiger partial charge < -0.3 is 20.3 Å². The molecule has 3 N–H and O–H groups in total. The smallest absolute Gasteiger partial charge is 0.354 e. The maximum atomic E-state index is 12.1. The molecule has 0 bridgehead atoms. The van der Waals surface area contributed by atoms with Crippen LogP contribution in [0, 0.1) is 6.92 Å². The van der Waals surface area contributed by atoms with Crippen molar-refractivity contribution in [2.24, 2.45) is 0 Å². The van der Waals surface area contributed by atoms with Gasteiger partial charge in [0.05, 0.1) is 5.69 Å². The zero-order valence-electron chi connectivity index (χ0n) is 11.4. The van der Waals surface area contributed by atoms with Crippen LogP contribution in [0.4, 0.5) is 10.5 Å². The number of urea groups is 1. The normalized spacial score (nSPS) is 10.3. The summed E-state index contributed by atoms with van der Waals surface area (Å²) in [5.41, 5.74) is 0.922. The molecule has 2 amide bonds. The van der Waals surface area contributed by atoms with Crippen molar-refractivity contribution < 1.29 is 14.7 Å². The topological polar surface area (TPSA) is 85.4 Å². The first kappa shape index (κ1) is 14.8. The van der Waals surface area contributed by atoms with Gasteiger partial charge in [-0.15, -0.1) is 6.58 Å². The summed E-state index contributed by atoms with van der Waals surface area (Å²) < 4.78 is 0. The number of carboxylic acids is 1. The lowest BCUT2D eigenvalue weighted by atomic mass is 10.3. The number of aromatic amines is 1. The van der Waals surface area contributed by atoms with E-state index < -0.39 is 5.97 Å². The fourth-order valence-electron chi connectivity index (χ4n) is 1.71. The molecule has 6 nitrogen and oxygen atoms in total. The molecule has 0 saturated heterocycles. The van der Waals surface area contributed by atoms with Gasteiger partial charge in [0.15, 0.2) is 0 Å². The molecule has 0 saturated carbocycles. The molecular weight excluding hydrogens is 246 g/mol. The Morgan fingerprint density at radius 1 is 1.58 bits per heavy atom. The fraction of sp³-hybridized carbons (Fsp3) is 0.385. The first-order valence-electron chi connectivity index (χ1n) is 5.98. The summed E-state index contributed by atoms with van der Waals surface area (Å²) in [7, 11) is 0. The Bertz CT molecular complexity index is 491. The van der Waals surface area contributed by atoms with Gasteiger partial charge in [0.2, 0.25) is 0 Å². The summed E-state index contributed by atoms with van der Waals surface area (Å²) in [5, 5.41) is 11.6. The number of nitrogens with one attached hydrogen (secondary N) is 2. The molecule has 0 aliphatic heterocycles. The molecule has 0 unspecified atom stereocenters. The van der Waals surface area contributed by atoms with Crippen LogP contribution in [0.3, 0.4) is 0 Å². The largest absolute Gasteiger partial charge is 0.477 e. The van der Waals surface area contributed by atoms with Crippen molar-refractivity contribution in [3.05, 3.63) is 30.1 Å². The molecule has 1 aromatic heterocycles. The number of aromatic nitrogens is 1. The van der Waals surface area contributed by atoms with E-state index in [2.05, 4.69) is 16.9 Å². The Morgan fingerprint density at radius 3 is 2.68 bits per heavy atom. The van der Waals surface area contributed by atoms with E-state index in [-0.39, 0.29) is 23.5 Å². The Kier molecular flexibility index (Phi) is 4.74. The summed E-state index contributed by atoms with van der Waals surface area (Å²) in [6.45, 7) is 9.48. The van der Waals surface area contributed by atoms with Gasteiger partial charge in [-0.25, -0.2) is 9.59 Å². The molecule has 0 atom stereocenters. The van der Waals surface area contributed by atoms with Crippen molar-refractivity contribution >= 4 is 17.7 Å². The fourth-order valence-corrected chi connectivity index (χ4v) is 1.71. The minimum atomic E-state index is -1.11. The van der Waals surface area contributed by atoms with Crippen molar-refractivity contribution in [1.29, 1.82) is 0 Å². The van der Waals surface area contributed by atoms with Gasteiger partial charge in [0.1, 0.15) is 5.69 Å². The second-order valence-electron chi connectivity index (χ2n) is 4.51. The van der Waals surface area contributed by atoms with E-state index in [0.29, 0.717) is 12.2 Å². The molecule has 0 aromatic carbocycles. The van der Waals surface area contributed by atoms with E-state index in [1.807, 2.05) is 13.8 Å². The van der Waals surface area contributed by atoms with Gasteiger partial charge in [-0.2, -0.15) is 0 Å². The number of carbonyl (C=O) groups is 2. The Labute approximate surface area is 112 Å². The molecule has 0 radical (unpaired) electrons. The SMILES string of the molecule is C=CCN(C(=O)Nc1cc(C)[nH]c1C(=O)O)C(C)C. The monoisotopic (exact) mass is 265 g/mol. The maximum absolute atomic E-state index is 12.1. The number of carbonyl (C=O) groups excluding carboxylic acids is 1.